The van der Waals surface area contributed by atoms with Gasteiger partial charge in [0.2, 0.25) is 10.0 Å². The van der Waals surface area contributed by atoms with Crippen molar-refractivity contribution < 1.29 is 8.42 Å². The maximum absolute atomic E-state index is 11.4. The van der Waals surface area contributed by atoms with Crippen molar-refractivity contribution in [2.45, 2.75) is 32.1 Å². The van der Waals surface area contributed by atoms with E-state index in [4.69, 9.17) is 11.6 Å². The highest BCUT2D eigenvalue weighted by atomic mass is 35.5. The van der Waals surface area contributed by atoms with E-state index in [2.05, 4.69) is 4.72 Å². The zero-order valence-electron chi connectivity index (χ0n) is 8.66. The average Bonchev–Trinajstić information content (AvgIpc) is 2.83. The van der Waals surface area contributed by atoms with Crippen LogP contribution in [0.2, 0.25) is 0 Å². The predicted molar refractivity (Wildman–Crippen MR) is 59.0 cm³/mol. The van der Waals surface area contributed by atoms with Crippen LogP contribution in [0.5, 0.6) is 0 Å². The Morgan fingerprint density at radius 1 is 1.43 bits per heavy atom. The van der Waals surface area contributed by atoms with Crippen molar-refractivity contribution >= 4 is 21.6 Å². The molecule has 1 rings (SSSR count). The molecule has 1 saturated carbocycles. The Kier molecular flexibility index (Phi) is 4.22. The van der Waals surface area contributed by atoms with Gasteiger partial charge < -0.3 is 0 Å². The third kappa shape index (κ3) is 4.62. The van der Waals surface area contributed by atoms with E-state index in [1.165, 1.54) is 0 Å². The monoisotopic (exact) mass is 239 g/mol. The quantitative estimate of drug-likeness (QED) is 0.716. The lowest BCUT2D eigenvalue weighted by Gasteiger charge is -2.14. The van der Waals surface area contributed by atoms with Crippen LogP contribution < -0.4 is 4.72 Å². The molecule has 0 spiro atoms. The SMILES string of the molecule is CC(C)C(Cl)CNS(=O)(=O)CC1CC1. The third-order valence-corrected chi connectivity index (χ3v) is 4.55. The van der Waals surface area contributed by atoms with Crippen LogP contribution in [0.1, 0.15) is 26.7 Å². The molecule has 0 aromatic rings. The van der Waals surface area contributed by atoms with E-state index in [9.17, 15) is 8.42 Å². The number of nitrogens with one attached hydrogen (secondary N) is 1. The fourth-order valence-electron chi connectivity index (χ4n) is 1.10. The zero-order valence-corrected chi connectivity index (χ0v) is 10.2. The predicted octanol–water partition coefficient (Wildman–Crippen LogP) is 1.58. The maximum Gasteiger partial charge on any atom is 0.211 e. The first-order valence-electron chi connectivity index (χ1n) is 5.02. The zero-order chi connectivity index (χ0) is 10.8. The normalized spacial score (nSPS) is 20.0. The summed E-state index contributed by atoms with van der Waals surface area (Å²) in [6.45, 7) is 4.30. The molecule has 3 nitrogen and oxygen atoms in total. The van der Waals surface area contributed by atoms with Crippen LogP contribution in [-0.2, 0) is 10.0 Å². The highest BCUT2D eigenvalue weighted by molar-refractivity contribution is 7.89. The van der Waals surface area contributed by atoms with Crippen molar-refractivity contribution in [1.82, 2.24) is 4.72 Å². The molecule has 0 amide bonds. The Labute approximate surface area is 91.3 Å². The summed E-state index contributed by atoms with van der Waals surface area (Å²) in [6.07, 6.45) is 2.10. The van der Waals surface area contributed by atoms with E-state index in [1.54, 1.807) is 0 Å². The van der Waals surface area contributed by atoms with Gasteiger partial charge in [0.25, 0.3) is 0 Å². The first kappa shape index (κ1) is 12.3. The third-order valence-electron chi connectivity index (χ3n) is 2.37. The van der Waals surface area contributed by atoms with Crippen molar-refractivity contribution in [2.75, 3.05) is 12.3 Å². The minimum atomic E-state index is -3.08. The van der Waals surface area contributed by atoms with Gasteiger partial charge in [-0.3, -0.25) is 0 Å². The Hall–Kier alpha value is 0.200. The molecule has 14 heavy (non-hydrogen) atoms. The van der Waals surface area contributed by atoms with Crippen LogP contribution in [0.15, 0.2) is 0 Å². The fourth-order valence-corrected chi connectivity index (χ4v) is 2.77. The van der Waals surface area contributed by atoms with E-state index >= 15 is 0 Å². The Balaban J connectivity index is 2.28. The summed E-state index contributed by atoms with van der Waals surface area (Å²) in [7, 11) is -3.08. The number of hydrogen-bond donors (Lipinski definition) is 1. The molecule has 1 atom stereocenters. The summed E-state index contributed by atoms with van der Waals surface area (Å²) in [5, 5.41) is -0.121. The van der Waals surface area contributed by atoms with Gasteiger partial charge in [0.05, 0.1) is 5.75 Å². The second-order valence-corrected chi connectivity index (χ2v) is 6.75. The van der Waals surface area contributed by atoms with Gasteiger partial charge in [0.1, 0.15) is 0 Å². The second kappa shape index (κ2) is 4.81. The number of hydrogen-bond acceptors (Lipinski definition) is 2. The average molecular weight is 240 g/mol. The number of rotatable bonds is 6. The maximum atomic E-state index is 11.4. The van der Waals surface area contributed by atoms with Gasteiger partial charge in [-0.25, -0.2) is 13.1 Å². The molecule has 1 unspecified atom stereocenters. The van der Waals surface area contributed by atoms with Crippen LogP contribution >= 0.6 is 11.6 Å². The summed E-state index contributed by atoms with van der Waals surface area (Å²) >= 11 is 5.95. The minimum Gasteiger partial charge on any atom is -0.214 e. The topological polar surface area (TPSA) is 46.2 Å². The summed E-state index contributed by atoms with van der Waals surface area (Å²) in [4.78, 5) is 0. The lowest BCUT2D eigenvalue weighted by Crippen LogP contribution is -2.34. The van der Waals surface area contributed by atoms with Crippen molar-refractivity contribution in [2.24, 2.45) is 11.8 Å². The highest BCUT2D eigenvalue weighted by Crippen LogP contribution is 2.29. The van der Waals surface area contributed by atoms with Crippen molar-refractivity contribution in [3.63, 3.8) is 0 Å². The molecular weight excluding hydrogens is 222 g/mol. The van der Waals surface area contributed by atoms with Gasteiger partial charge in [-0.2, -0.15) is 0 Å². The fraction of sp³-hybridized carbons (Fsp3) is 1.00. The van der Waals surface area contributed by atoms with Crippen LogP contribution in [-0.4, -0.2) is 26.1 Å². The molecule has 0 aliphatic heterocycles. The van der Waals surface area contributed by atoms with Gasteiger partial charge in [-0.05, 0) is 24.7 Å². The molecule has 0 heterocycles. The molecule has 1 aliphatic carbocycles. The molecule has 1 fully saturated rings. The van der Waals surface area contributed by atoms with Gasteiger partial charge in [-0.15, -0.1) is 11.6 Å². The number of halogens is 1. The highest BCUT2D eigenvalue weighted by Gasteiger charge is 2.28. The standard InChI is InChI=1S/C9H18ClNO2S/c1-7(2)9(10)5-11-14(12,13)6-8-3-4-8/h7-9,11H,3-6H2,1-2H3. The van der Waals surface area contributed by atoms with Crippen LogP contribution in [0.25, 0.3) is 0 Å². The Bertz CT molecular complexity index is 273. The van der Waals surface area contributed by atoms with Crippen LogP contribution in [0.4, 0.5) is 0 Å². The molecular formula is C9H18ClNO2S. The summed E-state index contributed by atoms with van der Waals surface area (Å²) in [5.41, 5.74) is 0. The first-order chi connectivity index (χ1) is 6.41. The summed E-state index contributed by atoms with van der Waals surface area (Å²) < 4.78 is 25.4. The molecule has 0 aromatic carbocycles. The largest absolute Gasteiger partial charge is 0.214 e. The van der Waals surface area contributed by atoms with Gasteiger partial charge in [0.15, 0.2) is 0 Å². The first-order valence-corrected chi connectivity index (χ1v) is 7.11. The minimum absolute atomic E-state index is 0.121. The molecule has 0 bridgehead atoms. The molecule has 5 heteroatoms. The summed E-state index contributed by atoms with van der Waals surface area (Å²) in [6, 6.07) is 0. The van der Waals surface area contributed by atoms with Gasteiger partial charge in [0, 0.05) is 11.9 Å². The van der Waals surface area contributed by atoms with Gasteiger partial charge in [-0.1, -0.05) is 13.8 Å². The molecule has 1 aliphatic rings. The molecule has 0 saturated heterocycles. The molecule has 1 N–H and O–H groups in total. The van der Waals surface area contributed by atoms with E-state index in [-0.39, 0.29) is 11.1 Å². The molecule has 84 valence electrons. The lowest BCUT2D eigenvalue weighted by atomic mass is 10.1. The van der Waals surface area contributed by atoms with E-state index < -0.39 is 10.0 Å². The van der Waals surface area contributed by atoms with Crippen LogP contribution in [0, 0.1) is 11.8 Å². The lowest BCUT2D eigenvalue weighted by molar-refractivity contribution is 0.554. The van der Waals surface area contributed by atoms with E-state index in [0.717, 1.165) is 12.8 Å². The van der Waals surface area contributed by atoms with Crippen LogP contribution in [0.3, 0.4) is 0 Å². The van der Waals surface area contributed by atoms with E-state index in [1.807, 2.05) is 13.8 Å². The van der Waals surface area contributed by atoms with E-state index in [0.29, 0.717) is 18.4 Å². The smallest absolute Gasteiger partial charge is 0.211 e. The Morgan fingerprint density at radius 2 is 2.00 bits per heavy atom. The number of sulfonamides is 1. The van der Waals surface area contributed by atoms with Crippen molar-refractivity contribution in [3.05, 3.63) is 0 Å². The van der Waals surface area contributed by atoms with Crippen molar-refractivity contribution in [1.29, 1.82) is 0 Å². The number of alkyl halides is 1. The second-order valence-electron chi connectivity index (χ2n) is 4.33. The Morgan fingerprint density at radius 3 is 2.43 bits per heavy atom. The van der Waals surface area contributed by atoms with Crippen molar-refractivity contribution in [3.8, 4) is 0 Å². The summed E-state index contributed by atoms with van der Waals surface area (Å²) in [5.74, 6) is 0.954. The molecule has 0 aromatic heterocycles. The van der Waals surface area contributed by atoms with Gasteiger partial charge >= 0.3 is 0 Å². The molecule has 0 radical (unpaired) electrons.